The first-order valence-corrected chi connectivity index (χ1v) is 10.9. The largest absolute Gasteiger partial charge is 0.322 e. The van der Waals surface area contributed by atoms with Gasteiger partial charge < -0.3 is 10.6 Å². The SMILES string of the molecule is Cc1cc(NC(=O)/C=C/c2cccc(F)c2)ccc1[N+]1(C2CCNC2)CCCC1C. The Morgan fingerprint density at radius 2 is 2.10 bits per heavy atom. The monoisotopic (exact) mass is 408 g/mol. The van der Waals surface area contributed by atoms with Crippen LogP contribution in [0.15, 0.2) is 48.5 Å². The minimum absolute atomic E-state index is 0.218. The average Bonchev–Trinajstić information content (AvgIpc) is 3.37. The number of likely N-dealkylation sites (tertiary alicyclic amines) is 1. The van der Waals surface area contributed by atoms with Crippen LogP contribution in [0.1, 0.15) is 37.3 Å². The Morgan fingerprint density at radius 1 is 1.23 bits per heavy atom. The number of carbonyl (C=O) groups excluding carboxylic acids is 1. The third-order valence-electron chi connectivity index (χ3n) is 6.81. The molecule has 0 spiro atoms. The minimum Gasteiger partial charge on any atom is -0.322 e. The minimum atomic E-state index is -0.311. The summed E-state index contributed by atoms with van der Waals surface area (Å²) < 4.78 is 14.3. The van der Waals surface area contributed by atoms with E-state index in [0.29, 0.717) is 17.6 Å². The molecule has 1 amide bonds. The second kappa shape index (κ2) is 8.70. The van der Waals surface area contributed by atoms with Gasteiger partial charge in [0.25, 0.3) is 0 Å². The summed E-state index contributed by atoms with van der Waals surface area (Å²) >= 11 is 0. The van der Waals surface area contributed by atoms with E-state index in [1.54, 1.807) is 18.2 Å². The van der Waals surface area contributed by atoms with Crippen molar-refractivity contribution in [2.75, 3.05) is 25.0 Å². The quantitative estimate of drug-likeness (QED) is 0.559. The predicted octanol–water partition coefficient (Wildman–Crippen LogP) is 4.64. The van der Waals surface area contributed by atoms with Crippen molar-refractivity contribution in [2.45, 2.75) is 45.2 Å². The maximum Gasteiger partial charge on any atom is 0.248 e. The number of nitrogens with zero attached hydrogens (tertiary/aromatic N) is 1. The van der Waals surface area contributed by atoms with Gasteiger partial charge in [-0.3, -0.25) is 9.28 Å². The Bertz CT molecular complexity index is 951. The summed E-state index contributed by atoms with van der Waals surface area (Å²) in [5.41, 5.74) is 4.07. The Morgan fingerprint density at radius 3 is 2.77 bits per heavy atom. The number of halogens is 1. The standard InChI is InChI=1S/C25H30FN3O/c1-18-15-22(28-25(30)11-8-20-6-3-7-21(26)16-20)9-10-24(18)29(14-4-5-19(29)2)23-12-13-27-17-23/h3,6-11,15-16,19,23,27H,4-5,12-14,17H2,1-2H3/p+1/b11-8+. The van der Waals surface area contributed by atoms with Crippen LogP contribution >= 0.6 is 0 Å². The highest BCUT2D eigenvalue weighted by atomic mass is 19.1. The van der Waals surface area contributed by atoms with E-state index in [-0.39, 0.29) is 11.7 Å². The lowest BCUT2D eigenvalue weighted by Crippen LogP contribution is -2.60. The lowest BCUT2D eigenvalue weighted by Gasteiger charge is -2.44. The van der Waals surface area contributed by atoms with Crippen molar-refractivity contribution in [3.63, 3.8) is 0 Å². The number of hydrogen-bond acceptors (Lipinski definition) is 2. The van der Waals surface area contributed by atoms with Gasteiger partial charge in [0.2, 0.25) is 5.91 Å². The number of aryl methyl sites for hydroxylation is 1. The first-order valence-electron chi connectivity index (χ1n) is 10.9. The highest BCUT2D eigenvalue weighted by Crippen LogP contribution is 2.41. The highest BCUT2D eigenvalue weighted by molar-refractivity contribution is 6.02. The Hall–Kier alpha value is -2.50. The predicted molar refractivity (Wildman–Crippen MR) is 122 cm³/mol. The summed E-state index contributed by atoms with van der Waals surface area (Å²) in [5.74, 6) is -0.528. The molecule has 158 valence electrons. The average molecular weight is 409 g/mol. The van der Waals surface area contributed by atoms with Crippen molar-refractivity contribution >= 4 is 23.4 Å². The van der Waals surface area contributed by atoms with Crippen molar-refractivity contribution in [1.29, 1.82) is 0 Å². The van der Waals surface area contributed by atoms with Crippen LogP contribution in [0.3, 0.4) is 0 Å². The fourth-order valence-electron chi connectivity index (χ4n) is 5.40. The molecule has 0 aromatic heterocycles. The van der Waals surface area contributed by atoms with Gasteiger partial charge in [-0.25, -0.2) is 4.39 Å². The molecule has 2 fully saturated rings. The molecule has 4 nitrogen and oxygen atoms in total. The molecule has 0 aliphatic carbocycles. The molecule has 5 heteroatoms. The number of nitrogens with one attached hydrogen (secondary N) is 2. The van der Waals surface area contributed by atoms with Gasteiger partial charge in [-0.05, 0) is 49.8 Å². The molecule has 2 aromatic rings. The Balaban J connectivity index is 1.52. The van der Waals surface area contributed by atoms with E-state index >= 15 is 0 Å². The van der Waals surface area contributed by atoms with Crippen LogP contribution in [0.2, 0.25) is 0 Å². The van der Waals surface area contributed by atoms with Crippen molar-refractivity contribution in [1.82, 2.24) is 9.80 Å². The van der Waals surface area contributed by atoms with Crippen LogP contribution in [0.25, 0.3) is 6.08 Å². The van der Waals surface area contributed by atoms with Gasteiger partial charge in [-0.1, -0.05) is 12.1 Å². The van der Waals surface area contributed by atoms with E-state index in [0.717, 1.165) is 23.3 Å². The van der Waals surface area contributed by atoms with Gasteiger partial charge in [0.05, 0.1) is 12.6 Å². The first kappa shape index (κ1) is 20.8. The van der Waals surface area contributed by atoms with Crippen LogP contribution in [0.4, 0.5) is 15.8 Å². The number of rotatable bonds is 5. The number of carbonyl (C=O) groups is 1. The van der Waals surface area contributed by atoms with Crippen LogP contribution in [-0.2, 0) is 4.79 Å². The van der Waals surface area contributed by atoms with Crippen LogP contribution in [-0.4, -0.2) is 37.6 Å². The van der Waals surface area contributed by atoms with Gasteiger partial charge in [0.1, 0.15) is 17.5 Å². The van der Waals surface area contributed by atoms with Gasteiger partial charge in [0, 0.05) is 55.7 Å². The molecule has 2 aromatic carbocycles. The zero-order valence-electron chi connectivity index (χ0n) is 17.8. The Kier molecular flexibility index (Phi) is 6.02. The van der Waals surface area contributed by atoms with Crippen LogP contribution in [0, 0.1) is 12.7 Å². The summed E-state index contributed by atoms with van der Waals surface area (Å²) in [6.45, 7) is 7.91. The fraction of sp³-hybridized carbons (Fsp3) is 0.400. The zero-order chi connectivity index (χ0) is 21.1. The van der Waals surface area contributed by atoms with E-state index < -0.39 is 0 Å². The molecule has 3 atom stereocenters. The summed E-state index contributed by atoms with van der Waals surface area (Å²) in [7, 11) is 0. The topological polar surface area (TPSA) is 41.1 Å². The number of hydrogen-bond donors (Lipinski definition) is 2. The summed E-state index contributed by atoms with van der Waals surface area (Å²) in [6.07, 6.45) is 6.81. The first-order chi connectivity index (χ1) is 14.5. The molecule has 0 radical (unpaired) electrons. The zero-order valence-corrected chi connectivity index (χ0v) is 17.8. The van der Waals surface area contributed by atoms with Gasteiger partial charge in [-0.15, -0.1) is 0 Å². The number of benzene rings is 2. The van der Waals surface area contributed by atoms with Gasteiger partial charge in [-0.2, -0.15) is 0 Å². The van der Waals surface area contributed by atoms with Gasteiger partial charge in [0.15, 0.2) is 0 Å². The Labute approximate surface area is 178 Å². The van der Waals surface area contributed by atoms with Crippen molar-refractivity contribution < 1.29 is 9.18 Å². The van der Waals surface area contributed by atoms with E-state index in [9.17, 15) is 9.18 Å². The second-order valence-corrected chi connectivity index (χ2v) is 8.67. The lowest BCUT2D eigenvalue weighted by atomic mass is 10.0. The van der Waals surface area contributed by atoms with Crippen molar-refractivity contribution in [3.8, 4) is 0 Å². The van der Waals surface area contributed by atoms with E-state index in [1.165, 1.54) is 55.3 Å². The third kappa shape index (κ3) is 4.05. The molecule has 2 N–H and O–H groups in total. The smallest absolute Gasteiger partial charge is 0.248 e. The number of quaternary nitrogens is 1. The second-order valence-electron chi connectivity index (χ2n) is 8.67. The highest BCUT2D eigenvalue weighted by Gasteiger charge is 2.48. The molecular formula is C25H31FN3O+. The van der Waals surface area contributed by atoms with Crippen LogP contribution < -0.4 is 15.1 Å². The van der Waals surface area contributed by atoms with Gasteiger partial charge >= 0.3 is 0 Å². The maximum absolute atomic E-state index is 13.3. The molecule has 2 heterocycles. The van der Waals surface area contributed by atoms with Crippen molar-refractivity contribution in [2.24, 2.45) is 0 Å². The normalized spacial score (nSPS) is 26.4. The number of anilines is 1. The molecular weight excluding hydrogens is 377 g/mol. The van der Waals surface area contributed by atoms with Crippen molar-refractivity contribution in [3.05, 3.63) is 65.5 Å². The fourth-order valence-corrected chi connectivity index (χ4v) is 5.40. The molecule has 4 rings (SSSR count). The molecule has 2 aliphatic heterocycles. The number of amides is 1. The molecule has 3 unspecified atom stereocenters. The lowest BCUT2D eigenvalue weighted by molar-refractivity contribution is -0.111. The summed E-state index contributed by atoms with van der Waals surface area (Å²) in [5, 5.41) is 6.49. The molecule has 2 saturated heterocycles. The van der Waals surface area contributed by atoms with E-state index in [2.05, 4.69) is 36.6 Å². The molecule has 0 bridgehead atoms. The molecule has 2 aliphatic rings. The molecule has 30 heavy (non-hydrogen) atoms. The maximum atomic E-state index is 13.3. The van der Waals surface area contributed by atoms with E-state index in [1.807, 2.05) is 6.07 Å². The third-order valence-corrected chi connectivity index (χ3v) is 6.81. The van der Waals surface area contributed by atoms with Crippen LogP contribution in [0.5, 0.6) is 0 Å². The summed E-state index contributed by atoms with van der Waals surface area (Å²) in [6, 6.07) is 13.7. The summed E-state index contributed by atoms with van der Waals surface area (Å²) in [4.78, 5) is 12.3. The van der Waals surface area contributed by atoms with E-state index in [4.69, 9.17) is 0 Å². The molecule has 0 saturated carbocycles.